The van der Waals surface area contributed by atoms with E-state index in [1.54, 1.807) is 38.4 Å². The molecule has 0 radical (unpaired) electrons. The number of ether oxygens (including phenoxy) is 3. The Morgan fingerprint density at radius 3 is 2.18 bits per heavy atom. The average Bonchev–Trinajstić information content (AvgIpc) is 3.20. The largest absolute Gasteiger partial charge is 0.493 e. The monoisotopic (exact) mass is 626 g/mol. The van der Waals surface area contributed by atoms with Crippen molar-refractivity contribution >= 4 is 32.7 Å². The molecule has 4 aromatic rings. The van der Waals surface area contributed by atoms with E-state index in [-0.39, 0.29) is 27.6 Å². The number of imidazole rings is 1. The lowest BCUT2D eigenvalue weighted by Gasteiger charge is -2.16. The fourth-order valence-electron chi connectivity index (χ4n) is 4.60. The summed E-state index contributed by atoms with van der Waals surface area (Å²) in [6, 6.07) is 13.2. The van der Waals surface area contributed by atoms with Crippen LogP contribution in [0.15, 0.2) is 64.3 Å². The number of aryl methyl sites for hydroxylation is 2. The predicted molar refractivity (Wildman–Crippen MR) is 168 cm³/mol. The van der Waals surface area contributed by atoms with Gasteiger partial charge in [0.05, 0.1) is 40.4 Å². The Labute approximate surface area is 256 Å². The Hall–Kier alpha value is -4.49. The Kier molecular flexibility index (Phi) is 10.6. The number of benzene rings is 3. The van der Waals surface area contributed by atoms with E-state index in [9.17, 15) is 23.1 Å². The van der Waals surface area contributed by atoms with Gasteiger partial charge in [0, 0.05) is 38.4 Å². The molecule has 13 heteroatoms. The number of carboxylic acid groups (broad SMARTS) is 1. The zero-order chi connectivity index (χ0) is 31.9. The first-order valence-electron chi connectivity index (χ1n) is 14.4. The third-order valence-electron chi connectivity index (χ3n) is 6.93. The lowest BCUT2D eigenvalue weighted by atomic mass is 10.2. The number of anilines is 1. The number of hydrogen-bond donors (Lipinski definition) is 3. The number of nitrogens with one attached hydrogen (secondary N) is 1. The molecule has 12 nitrogen and oxygen atoms in total. The van der Waals surface area contributed by atoms with E-state index in [4.69, 9.17) is 19.9 Å². The van der Waals surface area contributed by atoms with Crippen molar-refractivity contribution in [3.63, 3.8) is 0 Å². The summed E-state index contributed by atoms with van der Waals surface area (Å²) >= 11 is 0. The van der Waals surface area contributed by atoms with Crippen LogP contribution in [-0.2, 0) is 24.1 Å². The lowest BCUT2D eigenvalue weighted by molar-refractivity contribution is 0.0696. The van der Waals surface area contributed by atoms with Crippen LogP contribution < -0.4 is 30.4 Å². The standard InChI is InChI=1S/C31H38N4O8S/c1-4-13-41-22-16-23(42-14-8-6-5-7-12-32)18-24(17-22)43-29-20-28-27(34(2)31(38)35(28)3)19-26(29)33-44(39,40)25-11-9-10-21(15-25)30(36)37/h9-11,15-20,33H,4-8,12-14,32H2,1-3H3,(H,36,37). The molecule has 0 spiro atoms. The van der Waals surface area contributed by atoms with E-state index in [2.05, 4.69) is 4.72 Å². The maximum Gasteiger partial charge on any atom is 0.335 e. The van der Waals surface area contributed by atoms with Gasteiger partial charge in [0.2, 0.25) is 0 Å². The molecule has 0 atom stereocenters. The topological polar surface area (TPSA) is 164 Å². The number of aromatic nitrogens is 2. The summed E-state index contributed by atoms with van der Waals surface area (Å²) < 4.78 is 50.3. The molecule has 0 amide bonds. The van der Waals surface area contributed by atoms with Gasteiger partial charge in [-0.1, -0.05) is 25.8 Å². The van der Waals surface area contributed by atoms with Gasteiger partial charge in [-0.15, -0.1) is 0 Å². The number of unbranched alkanes of at least 4 members (excludes halogenated alkanes) is 3. The number of sulfonamides is 1. The minimum absolute atomic E-state index is 0.0432. The van der Waals surface area contributed by atoms with Crippen LogP contribution in [0.4, 0.5) is 5.69 Å². The van der Waals surface area contributed by atoms with Gasteiger partial charge in [-0.05, 0) is 50.1 Å². The second kappa shape index (κ2) is 14.3. The highest BCUT2D eigenvalue weighted by Gasteiger charge is 2.22. The highest BCUT2D eigenvalue weighted by molar-refractivity contribution is 7.92. The molecule has 0 bridgehead atoms. The number of rotatable bonds is 16. The van der Waals surface area contributed by atoms with Crippen LogP contribution in [0.5, 0.6) is 23.0 Å². The second-order valence-electron chi connectivity index (χ2n) is 10.3. The molecule has 4 rings (SSSR count). The number of carboxylic acids is 1. The summed E-state index contributed by atoms with van der Waals surface area (Å²) in [5.74, 6) is 0.212. The molecule has 3 aromatic carbocycles. The van der Waals surface area contributed by atoms with Crippen LogP contribution in [0.3, 0.4) is 0 Å². The predicted octanol–water partition coefficient (Wildman–Crippen LogP) is 4.86. The normalized spacial score (nSPS) is 11.5. The fraction of sp³-hybridized carbons (Fsp3) is 0.355. The number of nitrogens with zero attached hydrogens (tertiary/aromatic N) is 2. The summed E-state index contributed by atoms with van der Waals surface area (Å²) in [6.07, 6.45) is 4.62. The van der Waals surface area contributed by atoms with Gasteiger partial charge in [-0.3, -0.25) is 13.9 Å². The van der Waals surface area contributed by atoms with Crippen LogP contribution in [0.25, 0.3) is 11.0 Å². The lowest BCUT2D eigenvalue weighted by Crippen LogP contribution is -2.19. The van der Waals surface area contributed by atoms with Crippen LogP contribution in [0.2, 0.25) is 0 Å². The molecule has 1 heterocycles. The Morgan fingerprint density at radius 2 is 1.52 bits per heavy atom. The van der Waals surface area contributed by atoms with Crippen molar-refractivity contribution in [1.82, 2.24) is 9.13 Å². The Balaban J connectivity index is 1.73. The van der Waals surface area contributed by atoms with Crippen molar-refractivity contribution < 1.29 is 32.5 Å². The van der Waals surface area contributed by atoms with Crippen molar-refractivity contribution in [2.24, 2.45) is 19.8 Å². The molecule has 44 heavy (non-hydrogen) atoms. The molecule has 0 aliphatic rings. The van der Waals surface area contributed by atoms with Gasteiger partial charge in [0.25, 0.3) is 10.0 Å². The molecular weight excluding hydrogens is 588 g/mol. The first kappa shape index (κ1) is 32.4. The number of fused-ring (bicyclic) bond motifs is 1. The van der Waals surface area contributed by atoms with E-state index < -0.39 is 16.0 Å². The molecule has 0 saturated carbocycles. The quantitative estimate of drug-likeness (QED) is 0.147. The molecule has 4 N–H and O–H groups in total. The van der Waals surface area contributed by atoms with Crippen molar-refractivity contribution in [1.29, 1.82) is 0 Å². The maximum atomic E-state index is 13.4. The Bertz CT molecular complexity index is 1800. The van der Waals surface area contributed by atoms with Crippen molar-refractivity contribution in [3.05, 3.63) is 70.6 Å². The van der Waals surface area contributed by atoms with Gasteiger partial charge in [0.1, 0.15) is 17.2 Å². The summed E-state index contributed by atoms with van der Waals surface area (Å²) in [5.41, 5.74) is 6.10. The molecule has 0 aliphatic carbocycles. The minimum Gasteiger partial charge on any atom is -0.493 e. The number of aromatic carboxylic acids is 1. The van der Waals surface area contributed by atoms with Gasteiger partial charge < -0.3 is 25.1 Å². The van der Waals surface area contributed by atoms with Gasteiger partial charge in [-0.2, -0.15) is 0 Å². The van der Waals surface area contributed by atoms with Crippen LogP contribution in [0, 0.1) is 0 Å². The zero-order valence-electron chi connectivity index (χ0n) is 25.0. The SMILES string of the molecule is CCCOc1cc(OCCCCCCN)cc(Oc2cc3c(cc2NS(=O)(=O)c2cccc(C(=O)O)c2)n(C)c(=O)n3C)c1. The van der Waals surface area contributed by atoms with E-state index in [0.717, 1.165) is 38.2 Å². The van der Waals surface area contributed by atoms with Gasteiger partial charge in [-0.25, -0.2) is 18.0 Å². The number of nitrogens with two attached hydrogens (primary N) is 1. The van der Waals surface area contributed by atoms with Gasteiger partial charge >= 0.3 is 11.7 Å². The maximum absolute atomic E-state index is 13.4. The highest BCUT2D eigenvalue weighted by atomic mass is 32.2. The second-order valence-corrected chi connectivity index (χ2v) is 12.0. The zero-order valence-corrected chi connectivity index (χ0v) is 25.9. The smallest absolute Gasteiger partial charge is 0.335 e. The minimum atomic E-state index is -4.26. The summed E-state index contributed by atoms with van der Waals surface area (Å²) in [5, 5.41) is 9.36. The van der Waals surface area contributed by atoms with Crippen LogP contribution in [-0.4, -0.2) is 48.4 Å². The molecule has 236 valence electrons. The summed E-state index contributed by atoms with van der Waals surface area (Å²) in [7, 11) is -1.08. The first-order valence-corrected chi connectivity index (χ1v) is 15.9. The number of hydrogen-bond acceptors (Lipinski definition) is 8. The van der Waals surface area contributed by atoms with Crippen LogP contribution in [0.1, 0.15) is 49.4 Å². The van der Waals surface area contributed by atoms with Gasteiger partial charge in [0.15, 0.2) is 5.75 Å². The van der Waals surface area contributed by atoms with E-state index in [0.29, 0.717) is 48.0 Å². The Morgan fingerprint density at radius 1 is 0.886 bits per heavy atom. The third kappa shape index (κ3) is 7.71. The molecule has 1 aromatic heterocycles. The molecule has 0 saturated heterocycles. The highest BCUT2D eigenvalue weighted by Crippen LogP contribution is 2.38. The van der Waals surface area contributed by atoms with Crippen molar-refractivity contribution in [2.75, 3.05) is 24.5 Å². The van der Waals surface area contributed by atoms with E-state index in [1.165, 1.54) is 33.4 Å². The molecular formula is C31H38N4O8S. The van der Waals surface area contributed by atoms with Crippen molar-refractivity contribution in [3.8, 4) is 23.0 Å². The average molecular weight is 627 g/mol. The van der Waals surface area contributed by atoms with Crippen LogP contribution >= 0.6 is 0 Å². The molecule has 0 fully saturated rings. The summed E-state index contributed by atoms with van der Waals surface area (Å²) in [6.45, 7) is 3.61. The fourth-order valence-corrected chi connectivity index (χ4v) is 5.71. The summed E-state index contributed by atoms with van der Waals surface area (Å²) in [4.78, 5) is 23.9. The number of carbonyl (C=O) groups is 1. The molecule has 0 aliphatic heterocycles. The van der Waals surface area contributed by atoms with E-state index in [1.807, 2.05) is 6.92 Å². The first-order chi connectivity index (χ1) is 21.0. The third-order valence-corrected chi connectivity index (χ3v) is 8.29. The van der Waals surface area contributed by atoms with Crippen molar-refractivity contribution in [2.45, 2.75) is 43.9 Å². The molecule has 0 unspecified atom stereocenters. The van der Waals surface area contributed by atoms with E-state index >= 15 is 0 Å².